The molecule has 1 heterocycles. The molecular weight excluding hydrogens is 232 g/mol. The van der Waals surface area contributed by atoms with E-state index in [9.17, 15) is 0 Å². The second-order valence-corrected chi connectivity index (χ2v) is 7.21. The summed E-state index contributed by atoms with van der Waals surface area (Å²) in [7, 11) is 0. The standard InChI is InChI=1S/C17H36N2/c1-14(2)12-18-9-7-6-8-10-19-13-15(3)11-16(4)17(19)5/h14-18H,6-13H2,1-5H3. The van der Waals surface area contributed by atoms with Crippen molar-refractivity contribution in [3.8, 4) is 0 Å². The van der Waals surface area contributed by atoms with Crippen LogP contribution in [0, 0.1) is 17.8 Å². The average Bonchev–Trinajstić information content (AvgIpc) is 2.33. The molecule has 0 aromatic heterocycles. The minimum absolute atomic E-state index is 0.775. The zero-order valence-corrected chi connectivity index (χ0v) is 13.9. The number of nitrogens with one attached hydrogen (secondary N) is 1. The number of hydrogen-bond acceptors (Lipinski definition) is 2. The number of piperidine rings is 1. The second-order valence-electron chi connectivity index (χ2n) is 7.21. The van der Waals surface area contributed by atoms with E-state index in [1.165, 1.54) is 45.3 Å². The maximum atomic E-state index is 3.53. The molecule has 3 atom stereocenters. The molecule has 1 rings (SSSR count). The molecule has 1 saturated heterocycles. The molecule has 1 aliphatic rings. The second kappa shape index (κ2) is 8.97. The summed E-state index contributed by atoms with van der Waals surface area (Å²) in [6.45, 7) is 16.8. The van der Waals surface area contributed by atoms with E-state index in [-0.39, 0.29) is 0 Å². The molecule has 3 unspecified atom stereocenters. The lowest BCUT2D eigenvalue weighted by atomic mass is 9.86. The summed E-state index contributed by atoms with van der Waals surface area (Å²) >= 11 is 0. The Morgan fingerprint density at radius 2 is 1.84 bits per heavy atom. The Balaban J connectivity index is 2.05. The van der Waals surface area contributed by atoms with Gasteiger partial charge in [0.2, 0.25) is 0 Å². The van der Waals surface area contributed by atoms with Gasteiger partial charge in [-0.15, -0.1) is 0 Å². The first kappa shape index (κ1) is 17.0. The van der Waals surface area contributed by atoms with E-state index in [4.69, 9.17) is 0 Å². The molecule has 0 spiro atoms. The molecule has 1 aliphatic heterocycles. The van der Waals surface area contributed by atoms with Gasteiger partial charge in [0, 0.05) is 12.6 Å². The topological polar surface area (TPSA) is 15.3 Å². The van der Waals surface area contributed by atoms with Gasteiger partial charge in [-0.1, -0.05) is 34.1 Å². The van der Waals surface area contributed by atoms with Crippen molar-refractivity contribution in [1.82, 2.24) is 10.2 Å². The third-order valence-corrected chi connectivity index (χ3v) is 4.57. The Kier molecular flexibility index (Phi) is 8.01. The first-order valence-electron chi connectivity index (χ1n) is 8.45. The van der Waals surface area contributed by atoms with Crippen molar-refractivity contribution in [2.75, 3.05) is 26.2 Å². The van der Waals surface area contributed by atoms with Gasteiger partial charge >= 0.3 is 0 Å². The van der Waals surface area contributed by atoms with E-state index in [0.29, 0.717) is 0 Å². The van der Waals surface area contributed by atoms with Crippen LogP contribution in [0.15, 0.2) is 0 Å². The normalized spacial score (nSPS) is 29.1. The molecule has 19 heavy (non-hydrogen) atoms. The molecule has 0 amide bonds. The Hall–Kier alpha value is -0.0800. The fraction of sp³-hybridized carbons (Fsp3) is 1.00. The van der Waals surface area contributed by atoms with E-state index >= 15 is 0 Å². The third-order valence-electron chi connectivity index (χ3n) is 4.57. The van der Waals surface area contributed by atoms with Gasteiger partial charge in [0.15, 0.2) is 0 Å². The fourth-order valence-corrected chi connectivity index (χ4v) is 3.26. The van der Waals surface area contributed by atoms with Gasteiger partial charge in [0.25, 0.3) is 0 Å². The van der Waals surface area contributed by atoms with Crippen LogP contribution in [0.25, 0.3) is 0 Å². The quantitative estimate of drug-likeness (QED) is 0.674. The molecule has 0 aromatic carbocycles. The Morgan fingerprint density at radius 1 is 1.11 bits per heavy atom. The molecular formula is C17H36N2. The van der Waals surface area contributed by atoms with Gasteiger partial charge in [-0.3, -0.25) is 0 Å². The molecule has 2 heteroatoms. The van der Waals surface area contributed by atoms with E-state index < -0.39 is 0 Å². The summed E-state index contributed by atoms with van der Waals surface area (Å²) in [5, 5.41) is 3.53. The summed E-state index contributed by atoms with van der Waals surface area (Å²) in [6.07, 6.45) is 5.49. The van der Waals surface area contributed by atoms with Crippen LogP contribution in [0.1, 0.15) is 60.3 Å². The first-order valence-corrected chi connectivity index (χ1v) is 8.45. The minimum atomic E-state index is 0.775. The summed E-state index contributed by atoms with van der Waals surface area (Å²) in [4.78, 5) is 2.72. The molecule has 0 saturated carbocycles. The van der Waals surface area contributed by atoms with Crippen molar-refractivity contribution in [3.63, 3.8) is 0 Å². The number of nitrogens with zero attached hydrogens (tertiary/aromatic N) is 1. The van der Waals surface area contributed by atoms with Crippen LogP contribution in [0.5, 0.6) is 0 Å². The van der Waals surface area contributed by atoms with Crippen molar-refractivity contribution in [2.45, 2.75) is 66.3 Å². The maximum Gasteiger partial charge on any atom is 0.00927 e. The van der Waals surface area contributed by atoms with Gasteiger partial charge in [0.05, 0.1) is 0 Å². The average molecular weight is 268 g/mol. The van der Waals surface area contributed by atoms with E-state index in [2.05, 4.69) is 44.8 Å². The number of likely N-dealkylation sites (tertiary alicyclic amines) is 1. The van der Waals surface area contributed by atoms with Crippen LogP contribution >= 0.6 is 0 Å². The monoisotopic (exact) mass is 268 g/mol. The largest absolute Gasteiger partial charge is 0.316 e. The highest BCUT2D eigenvalue weighted by Crippen LogP contribution is 2.26. The number of unbranched alkanes of at least 4 members (excludes halogenated alkanes) is 2. The van der Waals surface area contributed by atoms with Crippen LogP contribution in [0.2, 0.25) is 0 Å². The highest BCUT2D eigenvalue weighted by atomic mass is 15.2. The molecule has 114 valence electrons. The van der Waals surface area contributed by atoms with Crippen LogP contribution in [0.3, 0.4) is 0 Å². The summed E-state index contributed by atoms with van der Waals surface area (Å²) < 4.78 is 0. The SMILES string of the molecule is CC(C)CNCCCCCN1CC(C)CC(C)C1C. The number of hydrogen-bond donors (Lipinski definition) is 1. The van der Waals surface area contributed by atoms with Crippen molar-refractivity contribution in [3.05, 3.63) is 0 Å². The molecule has 0 aliphatic carbocycles. The summed E-state index contributed by atoms with van der Waals surface area (Å²) in [6, 6.07) is 0.787. The van der Waals surface area contributed by atoms with E-state index in [1.807, 2.05) is 0 Å². The lowest BCUT2D eigenvalue weighted by molar-refractivity contribution is 0.0781. The van der Waals surface area contributed by atoms with Crippen molar-refractivity contribution in [2.24, 2.45) is 17.8 Å². The van der Waals surface area contributed by atoms with Crippen LogP contribution in [-0.4, -0.2) is 37.1 Å². The van der Waals surface area contributed by atoms with Crippen molar-refractivity contribution < 1.29 is 0 Å². The van der Waals surface area contributed by atoms with Crippen LogP contribution < -0.4 is 5.32 Å². The van der Waals surface area contributed by atoms with E-state index in [1.54, 1.807) is 0 Å². The molecule has 0 aromatic rings. The van der Waals surface area contributed by atoms with Gasteiger partial charge < -0.3 is 10.2 Å². The maximum absolute atomic E-state index is 3.53. The fourth-order valence-electron chi connectivity index (χ4n) is 3.26. The van der Waals surface area contributed by atoms with Crippen molar-refractivity contribution in [1.29, 1.82) is 0 Å². The Labute approximate surface area is 121 Å². The highest BCUT2D eigenvalue weighted by molar-refractivity contribution is 4.81. The zero-order chi connectivity index (χ0) is 14.3. The van der Waals surface area contributed by atoms with Crippen molar-refractivity contribution >= 4 is 0 Å². The first-order chi connectivity index (χ1) is 9.00. The molecule has 1 fully saturated rings. The predicted molar refractivity (Wildman–Crippen MR) is 85.5 cm³/mol. The smallest absolute Gasteiger partial charge is 0.00927 e. The van der Waals surface area contributed by atoms with Crippen LogP contribution in [-0.2, 0) is 0 Å². The van der Waals surface area contributed by atoms with E-state index in [0.717, 1.165) is 30.3 Å². The van der Waals surface area contributed by atoms with Crippen LogP contribution in [0.4, 0.5) is 0 Å². The minimum Gasteiger partial charge on any atom is -0.316 e. The predicted octanol–water partition coefficient (Wildman–Crippen LogP) is 3.77. The van der Waals surface area contributed by atoms with Gasteiger partial charge in [-0.2, -0.15) is 0 Å². The number of rotatable bonds is 8. The summed E-state index contributed by atoms with van der Waals surface area (Å²) in [5.41, 5.74) is 0. The molecule has 0 radical (unpaired) electrons. The molecule has 1 N–H and O–H groups in total. The highest BCUT2D eigenvalue weighted by Gasteiger charge is 2.27. The Morgan fingerprint density at radius 3 is 2.53 bits per heavy atom. The summed E-state index contributed by atoms with van der Waals surface area (Å²) in [5.74, 6) is 2.53. The third kappa shape index (κ3) is 6.76. The van der Waals surface area contributed by atoms with Gasteiger partial charge in [-0.05, 0) is 63.6 Å². The molecule has 0 bridgehead atoms. The Bertz CT molecular complexity index is 227. The lowest BCUT2D eigenvalue weighted by Crippen LogP contribution is -2.46. The zero-order valence-electron chi connectivity index (χ0n) is 13.9. The lowest BCUT2D eigenvalue weighted by Gasteiger charge is -2.41. The van der Waals surface area contributed by atoms with Gasteiger partial charge in [0.1, 0.15) is 0 Å². The molecule has 2 nitrogen and oxygen atoms in total. The van der Waals surface area contributed by atoms with Gasteiger partial charge in [-0.25, -0.2) is 0 Å².